The fraction of sp³-hybridized carbons (Fsp3) is 0.212. The molecule has 1 aliphatic rings. The van der Waals surface area contributed by atoms with E-state index < -0.39 is 21.3 Å². The number of benzene rings is 4. The highest BCUT2D eigenvalue weighted by molar-refractivity contribution is 7.91. The van der Waals surface area contributed by atoms with Crippen LogP contribution in [0, 0.1) is 11.3 Å². The summed E-state index contributed by atoms with van der Waals surface area (Å²) in [6.45, 7) is 3.58. The third kappa shape index (κ3) is 7.01. The third-order valence-corrected chi connectivity index (χ3v) is 9.72. The van der Waals surface area contributed by atoms with Gasteiger partial charge in [0.05, 0.1) is 32.3 Å². The first kappa shape index (κ1) is 31.4. The Balaban J connectivity index is 1.31. The lowest BCUT2D eigenvalue weighted by molar-refractivity contribution is 0.256. The van der Waals surface area contributed by atoms with Crippen LogP contribution in [0.4, 0.5) is 10.5 Å². The number of urea groups is 1. The van der Waals surface area contributed by atoms with Crippen LogP contribution < -0.4 is 14.8 Å². The second kappa shape index (κ2) is 12.9. The van der Waals surface area contributed by atoms with Gasteiger partial charge in [-0.05, 0) is 65.8 Å². The summed E-state index contributed by atoms with van der Waals surface area (Å²) in [7, 11) is -3.65. The fourth-order valence-electron chi connectivity index (χ4n) is 4.72. The molecule has 0 aliphatic heterocycles. The van der Waals surface area contributed by atoms with Crippen LogP contribution in [0.25, 0.3) is 21.9 Å². The van der Waals surface area contributed by atoms with Gasteiger partial charge in [-0.25, -0.2) is 17.9 Å². The van der Waals surface area contributed by atoms with Gasteiger partial charge in [0.2, 0.25) is 10.0 Å². The number of amides is 2. The minimum Gasteiger partial charge on any atom is -0.512 e. The van der Waals surface area contributed by atoms with E-state index in [0.29, 0.717) is 39.9 Å². The van der Waals surface area contributed by atoms with Crippen molar-refractivity contribution in [3.8, 4) is 16.9 Å². The molecule has 4 N–H and O–H groups in total. The molecule has 5 rings (SSSR count). The Morgan fingerprint density at radius 1 is 0.977 bits per heavy atom. The summed E-state index contributed by atoms with van der Waals surface area (Å²) in [5, 5.41) is 24.0. The number of carbonyl (C=O) groups excluding carboxylic acids is 1. The lowest BCUT2D eigenvalue weighted by atomic mass is 9.97. The highest BCUT2D eigenvalue weighted by Gasteiger charge is 2.36. The molecule has 0 aromatic heterocycles. The van der Waals surface area contributed by atoms with Crippen LogP contribution in [0.1, 0.15) is 32.3 Å². The van der Waals surface area contributed by atoms with Crippen LogP contribution in [0.3, 0.4) is 0 Å². The molecule has 0 atom stereocenters. The van der Waals surface area contributed by atoms with E-state index in [2.05, 4.69) is 10.0 Å². The Labute approximate surface area is 266 Å². The number of halogens is 2. The Morgan fingerprint density at radius 2 is 1.61 bits per heavy atom. The average Bonchev–Trinajstić information content (AvgIpc) is 3.84. The van der Waals surface area contributed by atoms with E-state index in [1.54, 1.807) is 42.5 Å². The van der Waals surface area contributed by atoms with Gasteiger partial charge in [0.25, 0.3) is 0 Å². The first-order chi connectivity index (χ1) is 20.9. The van der Waals surface area contributed by atoms with Gasteiger partial charge >= 0.3 is 6.03 Å². The Hall–Kier alpha value is -4.05. The molecule has 1 saturated carbocycles. The maximum absolute atomic E-state index is 12.4. The normalized spacial score (nSPS) is 13.8. The number of aliphatic hydroxyl groups is 1. The Morgan fingerprint density at radius 3 is 2.25 bits per heavy atom. The molecule has 4 aromatic carbocycles. The van der Waals surface area contributed by atoms with Crippen molar-refractivity contribution in [2.45, 2.75) is 31.9 Å². The highest BCUT2D eigenvalue weighted by Crippen LogP contribution is 2.32. The van der Waals surface area contributed by atoms with Crippen molar-refractivity contribution >= 4 is 61.4 Å². The topological polar surface area (TPSA) is 129 Å². The molecular weight excluding hydrogens is 621 g/mol. The molecule has 11 heteroatoms. The number of allylic oxidation sites excluding steroid dienone is 1. The van der Waals surface area contributed by atoms with Gasteiger partial charge in [-0.3, -0.25) is 5.41 Å². The predicted octanol–water partition coefficient (Wildman–Crippen LogP) is 8.34. The number of sulfonamides is 1. The number of fused-ring (bicyclic) bond motifs is 1. The molecule has 0 radical (unpaired) electrons. The van der Waals surface area contributed by atoms with E-state index in [9.17, 15) is 18.3 Å². The van der Waals surface area contributed by atoms with E-state index in [4.69, 9.17) is 33.3 Å². The maximum Gasteiger partial charge on any atom is 0.332 e. The van der Waals surface area contributed by atoms with Crippen molar-refractivity contribution in [2.24, 2.45) is 5.92 Å². The molecule has 1 aliphatic carbocycles. The molecule has 0 bridgehead atoms. The lowest BCUT2D eigenvalue weighted by Gasteiger charge is -2.17. The van der Waals surface area contributed by atoms with Crippen molar-refractivity contribution in [3.05, 3.63) is 106 Å². The summed E-state index contributed by atoms with van der Waals surface area (Å²) in [5.74, 6) is 0.321. The molecule has 1 fully saturated rings. The summed E-state index contributed by atoms with van der Waals surface area (Å²) in [5.41, 5.74) is 2.96. The van der Waals surface area contributed by atoms with Gasteiger partial charge < -0.3 is 15.2 Å². The molecule has 8 nitrogen and oxygen atoms in total. The summed E-state index contributed by atoms with van der Waals surface area (Å²) in [6.07, 6.45) is 1.13. The van der Waals surface area contributed by atoms with Crippen molar-refractivity contribution < 1.29 is 23.1 Å². The number of aliphatic hydroxyl groups excluding tert-OH is 1. The SMILES string of the molecule is CC(C)/C(O)=C(\COc1ccc(-c2ccc3c(NC(=O)NS(=O)(=O)C4CC4)cccc3c2)cc1)C(=N)c1c(Cl)cccc1Cl. The molecule has 228 valence electrons. The first-order valence-electron chi connectivity index (χ1n) is 14.0. The van der Waals surface area contributed by atoms with Crippen molar-refractivity contribution in [1.82, 2.24) is 4.72 Å². The Kier molecular flexibility index (Phi) is 9.20. The van der Waals surface area contributed by atoms with E-state index in [1.165, 1.54) is 0 Å². The minimum atomic E-state index is -3.65. The molecule has 0 saturated heterocycles. The minimum absolute atomic E-state index is 0.00420. The number of nitrogens with one attached hydrogen (secondary N) is 3. The second-order valence-electron chi connectivity index (χ2n) is 10.8. The van der Waals surface area contributed by atoms with Crippen LogP contribution in [0.15, 0.2) is 90.2 Å². The lowest BCUT2D eigenvalue weighted by Crippen LogP contribution is -2.36. The van der Waals surface area contributed by atoms with E-state index in [0.717, 1.165) is 21.9 Å². The van der Waals surface area contributed by atoms with E-state index in [-0.39, 0.29) is 29.6 Å². The van der Waals surface area contributed by atoms with Crippen LogP contribution in [-0.2, 0) is 10.0 Å². The Bertz CT molecular complexity index is 1870. The van der Waals surface area contributed by atoms with Gasteiger partial charge in [-0.2, -0.15) is 0 Å². The third-order valence-electron chi connectivity index (χ3n) is 7.27. The van der Waals surface area contributed by atoms with Crippen molar-refractivity contribution in [3.63, 3.8) is 0 Å². The van der Waals surface area contributed by atoms with E-state index in [1.807, 2.05) is 50.2 Å². The maximum atomic E-state index is 12.4. The highest BCUT2D eigenvalue weighted by atomic mass is 35.5. The molecular formula is C33H31Cl2N3O5S. The molecule has 0 unspecified atom stereocenters. The average molecular weight is 653 g/mol. The quantitative estimate of drug-likeness (QED) is 0.101. The molecule has 2 amide bonds. The van der Waals surface area contributed by atoms with Gasteiger partial charge in [-0.15, -0.1) is 0 Å². The number of ether oxygens (including phenoxy) is 1. The summed E-state index contributed by atoms with van der Waals surface area (Å²) in [4.78, 5) is 12.4. The zero-order chi connectivity index (χ0) is 31.6. The van der Waals surface area contributed by atoms with Gasteiger partial charge in [0, 0.05) is 16.9 Å². The smallest absolute Gasteiger partial charge is 0.332 e. The summed E-state index contributed by atoms with van der Waals surface area (Å²) < 4.78 is 32.3. The van der Waals surface area contributed by atoms with Crippen molar-refractivity contribution in [1.29, 1.82) is 5.41 Å². The zero-order valence-electron chi connectivity index (χ0n) is 24.0. The van der Waals surface area contributed by atoms with Crippen LogP contribution in [-0.4, -0.2) is 37.1 Å². The fourth-order valence-corrected chi connectivity index (χ4v) is 6.54. The van der Waals surface area contributed by atoms with E-state index >= 15 is 0 Å². The summed E-state index contributed by atoms with van der Waals surface area (Å²) >= 11 is 12.7. The molecule has 4 aromatic rings. The second-order valence-corrected chi connectivity index (χ2v) is 13.6. The number of carbonyl (C=O) groups is 1. The monoisotopic (exact) mass is 651 g/mol. The van der Waals surface area contributed by atoms with Crippen LogP contribution >= 0.6 is 23.2 Å². The number of rotatable bonds is 10. The number of hydrogen-bond acceptors (Lipinski definition) is 6. The van der Waals surface area contributed by atoms with Gasteiger partial charge in [-0.1, -0.05) is 79.5 Å². The van der Waals surface area contributed by atoms with Gasteiger partial charge in [0.1, 0.15) is 18.1 Å². The van der Waals surface area contributed by atoms with Crippen molar-refractivity contribution in [2.75, 3.05) is 11.9 Å². The zero-order valence-corrected chi connectivity index (χ0v) is 26.4. The number of anilines is 1. The number of hydrogen-bond donors (Lipinski definition) is 4. The molecule has 0 heterocycles. The largest absolute Gasteiger partial charge is 0.512 e. The van der Waals surface area contributed by atoms with Gasteiger partial charge in [0.15, 0.2) is 0 Å². The predicted molar refractivity (Wildman–Crippen MR) is 177 cm³/mol. The summed E-state index contributed by atoms with van der Waals surface area (Å²) in [6, 6.07) is 22.8. The first-order valence-corrected chi connectivity index (χ1v) is 16.3. The standard InChI is InChI=1S/C33H31Cl2N3O5S/c1-19(2)32(39)26(31(36)30-27(34)6-4-7-28(30)35)18-43-23-12-9-20(10-13-23)21-11-16-25-22(17-21)5-3-8-29(25)37-33(40)38-44(41,42)24-14-15-24/h3-13,16-17,19,24,36,39H,14-15,18H2,1-2H3,(H2,37,38,40)/b32-26-,36-31?. The van der Waals surface area contributed by atoms with Crippen LogP contribution in [0.2, 0.25) is 10.0 Å². The molecule has 44 heavy (non-hydrogen) atoms. The van der Waals surface area contributed by atoms with Crippen LogP contribution in [0.5, 0.6) is 5.75 Å². The molecule has 0 spiro atoms.